The summed E-state index contributed by atoms with van der Waals surface area (Å²) in [5, 5.41) is 9.80. The van der Waals surface area contributed by atoms with Crippen LogP contribution in [-0.4, -0.2) is 25.6 Å². The normalized spacial score (nSPS) is 16.4. The van der Waals surface area contributed by atoms with E-state index in [0.29, 0.717) is 6.04 Å². The molecule has 1 fully saturated rings. The Morgan fingerprint density at radius 3 is 3.20 bits per heavy atom. The van der Waals surface area contributed by atoms with E-state index < -0.39 is 0 Å². The summed E-state index contributed by atoms with van der Waals surface area (Å²) < 4.78 is 1.86. The number of nitrogens with zero attached hydrogens (tertiary/aromatic N) is 4. The van der Waals surface area contributed by atoms with E-state index in [9.17, 15) is 0 Å². The average molecular weight is 285 g/mol. The summed E-state index contributed by atoms with van der Waals surface area (Å²) in [6.45, 7) is 2.22. The van der Waals surface area contributed by atoms with Crippen molar-refractivity contribution in [2.75, 3.05) is 5.32 Å². The summed E-state index contributed by atoms with van der Waals surface area (Å²) in [6, 6.07) is 2.41. The van der Waals surface area contributed by atoms with Gasteiger partial charge in [-0.1, -0.05) is 0 Å². The minimum absolute atomic E-state index is 0.478. The molecule has 3 aromatic heterocycles. The molecule has 0 unspecified atom stereocenters. The van der Waals surface area contributed by atoms with E-state index in [2.05, 4.69) is 27.3 Å². The van der Waals surface area contributed by atoms with Crippen LogP contribution in [0.2, 0.25) is 0 Å². The van der Waals surface area contributed by atoms with Crippen LogP contribution in [0.15, 0.2) is 30.0 Å². The lowest BCUT2D eigenvalue weighted by atomic mass is 10.2. The lowest BCUT2D eigenvalue weighted by Gasteiger charge is -2.13. The van der Waals surface area contributed by atoms with E-state index in [1.54, 1.807) is 17.5 Å². The van der Waals surface area contributed by atoms with Crippen LogP contribution in [0, 0.1) is 5.92 Å². The van der Waals surface area contributed by atoms with Crippen LogP contribution in [0.1, 0.15) is 19.8 Å². The van der Waals surface area contributed by atoms with Gasteiger partial charge in [0.25, 0.3) is 0 Å². The first-order valence-corrected chi connectivity index (χ1v) is 7.70. The molecule has 5 nitrogen and oxygen atoms in total. The highest BCUT2D eigenvalue weighted by atomic mass is 32.1. The molecule has 1 atom stereocenters. The van der Waals surface area contributed by atoms with Crippen LogP contribution in [-0.2, 0) is 0 Å². The van der Waals surface area contributed by atoms with Crippen LogP contribution in [0.4, 0.5) is 5.82 Å². The number of fused-ring (bicyclic) bond motifs is 1. The Balaban J connectivity index is 1.66. The lowest BCUT2D eigenvalue weighted by molar-refractivity contribution is 0.690. The van der Waals surface area contributed by atoms with Gasteiger partial charge < -0.3 is 5.32 Å². The van der Waals surface area contributed by atoms with Gasteiger partial charge in [0, 0.05) is 23.8 Å². The van der Waals surface area contributed by atoms with E-state index in [1.807, 2.05) is 28.4 Å². The summed E-state index contributed by atoms with van der Waals surface area (Å²) in [7, 11) is 0. The molecule has 20 heavy (non-hydrogen) atoms. The molecule has 0 aliphatic heterocycles. The summed E-state index contributed by atoms with van der Waals surface area (Å²) >= 11 is 1.65. The maximum absolute atomic E-state index is 4.63. The topological polar surface area (TPSA) is 55.1 Å². The fraction of sp³-hybridized carbons (Fsp3) is 0.357. The maximum atomic E-state index is 4.63. The van der Waals surface area contributed by atoms with Gasteiger partial charge in [0.05, 0.1) is 11.8 Å². The van der Waals surface area contributed by atoms with Crippen molar-refractivity contribution in [1.29, 1.82) is 0 Å². The molecular weight excluding hydrogens is 270 g/mol. The minimum Gasteiger partial charge on any atom is -0.367 e. The summed E-state index contributed by atoms with van der Waals surface area (Å²) in [4.78, 5) is 10.1. The molecule has 0 radical (unpaired) electrons. The molecule has 0 amide bonds. The standard InChI is InChI=1S/C14H15N5S/c1-9(10-2-3-10)17-12-4-5-15-13(18-12)11-8-16-19-6-7-20-14(11)19/h4-10H,2-3H2,1H3,(H,15,17,18)/t9-/m0/s1. The fourth-order valence-corrected chi connectivity index (χ4v) is 3.19. The van der Waals surface area contributed by atoms with Gasteiger partial charge in [-0.3, -0.25) is 0 Å². The Hall–Kier alpha value is -1.95. The largest absolute Gasteiger partial charge is 0.367 e. The molecule has 0 saturated heterocycles. The monoisotopic (exact) mass is 285 g/mol. The molecular formula is C14H15N5S. The van der Waals surface area contributed by atoms with Gasteiger partial charge in [-0.2, -0.15) is 5.10 Å². The van der Waals surface area contributed by atoms with Crippen LogP contribution in [0.3, 0.4) is 0 Å². The molecule has 0 spiro atoms. The van der Waals surface area contributed by atoms with E-state index in [0.717, 1.165) is 28.0 Å². The summed E-state index contributed by atoms with van der Waals surface area (Å²) in [5.41, 5.74) is 0.989. The van der Waals surface area contributed by atoms with Crippen LogP contribution >= 0.6 is 11.3 Å². The molecule has 0 aromatic carbocycles. The molecule has 4 rings (SSSR count). The second-order valence-corrected chi connectivity index (χ2v) is 6.14. The summed E-state index contributed by atoms with van der Waals surface area (Å²) in [6.07, 6.45) is 8.23. The number of aromatic nitrogens is 4. The number of nitrogens with one attached hydrogen (secondary N) is 1. The molecule has 3 aromatic rings. The summed E-state index contributed by atoms with van der Waals surface area (Å²) in [5.74, 6) is 2.43. The maximum Gasteiger partial charge on any atom is 0.166 e. The molecule has 1 saturated carbocycles. The van der Waals surface area contributed by atoms with Crippen molar-refractivity contribution in [3.8, 4) is 11.4 Å². The Morgan fingerprint density at radius 2 is 2.35 bits per heavy atom. The second-order valence-electron chi connectivity index (χ2n) is 5.25. The molecule has 1 aliphatic rings. The van der Waals surface area contributed by atoms with Gasteiger partial charge in [0.15, 0.2) is 5.82 Å². The molecule has 1 N–H and O–H groups in total. The second kappa shape index (κ2) is 4.56. The SMILES string of the molecule is C[C@H](Nc1ccnc(-c2cnn3ccsc23)n1)C1CC1. The fourth-order valence-electron chi connectivity index (χ4n) is 2.40. The molecule has 1 aliphatic carbocycles. The van der Waals surface area contributed by atoms with Crippen molar-refractivity contribution in [3.63, 3.8) is 0 Å². The van der Waals surface area contributed by atoms with E-state index >= 15 is 0 Å². The number of hydrogen-bond donors (Lipinski definition) is 1. The van der Waals surface area contributed by atoms with Crippen molar-refractivity contribution < 1.29 is 0 Å². The predicted octanol–water partition coefficient (Wildman–Crippen LogP) is 3.06. The minimum atomic E-state index is 0.478. The van der Waals surface area contributed by atoms with Crippen LogP contribution in [0.25, 0.3) is 16.2 Å². The predicted molar refractivity (Wildman–Crippen MR) is 79.9 cm³/mol. The van der Waals surface area contributed by atoms with Gasteiger partial charge in [-0.05, 0) is 31.7 Å². The van der Waals surface area contributed by atoms with Gasteiger partial charge in [0.1, 0.15) is 10.6 Å². The third kappa shape index (κ3) is 2.06. The number of thiazole rings is 1. The highest BCUT2D eigenvalue weighted by molar-refractivity contribution is 7.16. The van der Waals surface area contributed by atoms with Gasteiger partial charge >= 0.3 is 0 Å². The quantitative estimate of drug-likeness (QED) is 0.800. The number of rotatable bonds is 4. The Morgan fingerprint density at radius 1 is 1.45 bits per heavy atom. The van der Waals surface area contributed by atoms with Gasteiger partial charge in [-0.15, -0.1) is 11.3 Å². The number of anilines is 1. The number of hydrogen-bond acceptors (Lipinski definition) is 5. The lowest BCUT2D eigenvalue weighted by Crippen LogP contribution is -2.18. The van der Waals surface area contributed by atoms with Gasteiger partial charge in [0.2, 0.25) is 0 Å². The van der Waals surface area contributed by atoms with Crippen molar-refractivity contribution in [1.82, 2.24) is 19.6 Å². The third-order valence-corrected chi connectivity index (χ3v) is 4.62. The zero-order valence-electron chi connectivity index (χ0n) is 11.2. The average Bonchev–Trinajstić information content (AvgIpc) is 3.07. The first-order chi connectivity index (χ1) is 9.81. The van der Waals surface area contributed by atoms with E-state index in [4.69, 9.17) is 0 Å². The Bertz CT molecular complexity index is 743. The molecule has 3 heterocycles. The van der Waals surface area contributed by atoms with Crippen LogP contribution < -0.4 is 5.32 Å². The van der Waals surface area contributed by atoms with Crippen molar-refractivity contribution in [3.05, 3.63) is 30.0 Å². The molecule has 6 heteroatoms. The Kier molecular flexibility index (Phi) is 2.70. The smallest absolute Gasteiger partial charge is 0.166 e. The third-order valence-electron chi connectivity index (χ3n) is 3.73. The van der Waals surface area contributed by atoms with Crippen molar-refractivity contribution >= 4 is 22.0 Å². The van der Waals surface area contributed by atoms with Crippen LogP contribution in [0.5, 0.6) is 0 Å². The highest BCUT2D eigenvalue weighted by Gasteiger charge is 2.28. The molecule has 0 bridgehead atoms. The van der Waals surface area contributed by atoms with E-state index in [1.165, 1.54) is 12.8 Å². The Labute approximate surface area is 120 Å². The zero-order chi connectivity index (χ0) is 13.5. The van der Waals surface area contributed by atoms with Gasteiger partial charge in [-0.25, -0.2) is 14.5 Å². The van der Waals surface area contributed by atoms with Crippen molar-refractivity contribution in [2.24, 2.45) is 5.92 Å². The highest BCUT2D eigenvalue weighted by Crippen LogP contribution is 2.34. The molecule has 102 valence electrons. The first kappa shape index (κ1) is 11.8. The van der Waals surface area contributed by atoms with E-state index in [-0.39, 0.29) is 0 Å². The van der Waals surface area contributed by atoms with Crippen molar-refractivity contribution in [2.45, 2.75) is 25.8 Å². The first-order valence-electron chi connectivity index (χ1n) is 6.82. The zero-order valence-corrected chi connectivity index (χ0v) is 12.0.